The number of hydrogen-bond acceptors (Lipinski definition) is 4. The molecule has 0 saturated heterocycles. The monoisotopic (exact) mass is 354 g/mol. The van der Waals surface area contributed by atoms with Gasteiger partial charge in [-0.05, 0) is 30.7 Å². The number of ether oxygens (including phenoxy) is 1. The van der Waals surface area contributed by atoms with Gasteiger partial charge in [0.15, 0.2) is 0 Å². The summed E-state index contributed by atoms with van der Waals surface area (Å²) in [6.07, 6.45) is 0.945. The van der Waals surface area contributed by atoms with Gasteiger partial charge in [0.25, 0.3) is 0 Å². The lowest BCUT2D eigenvalue weighted by Crippen LogP contribution is -2.17. The first kappa shape index (κ1) is 18.2. The van der Waals surface area contributed by atoms with Crippen molar-refractivity contribution in [3.05, 3.63) is 71.7 Å². The van der Waals surface area contributed by atoms with Gasteiger partial charge in [-0.1, -0.05) is 42.5 Å². The molecule has 0 aliphatic rings. The minimum Gasteiger partial charge on any atom is -0.385 e. The van der Waals surface area contributed by atoms with Gasteiger partial charge in [-0.3, -0.25) is 0 Å². The highest BCUT2D eigenvalue weighted by Crippen LogP contribution is 2.20. The second kappa shape index (κ2) is 9.22. The maximum Gasteiger partial charge on any atom is 0.123 e. The summed E-state index contributed by atoms with van der Waals surface area (Å²) >= 11 is 0. The molecule has 1 N–H and O–H groups in total. The van der Waals surface area contributed by atoms with Crippen molar-refractivity contribution in [2.75, 3.05) is 20.3 Å². The zero-order valence-electron chi connectivity index (χ0n) is 14.9. The van der Waals surface area contributed by atoms with Gasteiger partial charge in [-0.25, -0.2) is 4.39 Å². The molecule has 26 heavy (non-hydrogen) atoms. The first-order valence-electron chi connectivity index (χ1n) is 8.70. The lowest BCUT2D eigenvalue weighted by Gasteiger charge is -2.03. The molecule has 1 heterocycles. The SMILES string of the molecule is COCCCNCc1nn(Cc2ccc(F)cc2)nc1-c1ccccc1. The van der Waals surface area contributed by atoms with Crippen molar-refractivity contribution in [1.82, 2.24) is 20.3 Å². The highest BCUT2D eigenvalue weighted by molar-refractivity contribution is 5.60. The van der Waals surface area contributed by atoms with Gasteiger partial charge in [0.05, 0.1) is 6.54 Å². The quantitative estimate of drug-likeness (QED) is 0.599. The van der Waals surface area contributed by atoms with E-state index in [1.807, 2.05) is 30.3 Å². The van der Waals surface area contributed by atoms with E-state index in [0.29, 0.717) is 13.1 Å². The molecule has 5 nitrogen and oxygen atoms in total. The van der Waals surface area contributed by atoms with Crippen LogP contribution in [-0.4, -0.2) is 35.3 Å². The Hall–Kier alpha value is -2.57. The number of aromatic nitrogens is 3. The lowest BCUT2D eigenvalue weighted by atomic mass is 10.1. The Bertz CT molecular complexity index is 802. The summed E-state index contributed by atoms with van der Waals surface area (Å²) in [5, 5.41) is 12.7. The number of nitrogens with one attached hydrogen (secondary N) is 1. The molecule has 0 unspecified atom stereocenters. The van der Waals surface area contributed by atoms with E-state index >= 15 is 0 Å². The van der Waals surface area contributed by atoms with Crippen LogP contribution in [0, 0.1) is 5.82 Å². The fraction of sp³-hybridized carbons (Fsp3) is 0.300. The van der Waals surface area contributed by atoms with E-state index in [9.17, 15) is 4.39 Å². The molecule has 0 aliphatic heterocycles. The van der Waals surface area contributed by atoms with Gasteiger partial charge in [-0.2, -0.15) is 15.0 Å². The Balaban J connectivity index is 1.76. The predicted molar refractivity (Wildman–Crippen MR) is 99.2 cm³/mol. The van der Waals surface area contributed by atoms with Crippen molar-refractivity contribution in [2.45, 2.75) is 19.5 Å². The summed E-state index contributed by atoms with van der Waals surface area (Å²) in [7, 11) is 1.70. The number of hydrogen-bond donors (Lipinski definition) is 1. The topological polar surface area (TPSA) is 52.0 Å². The first-order valence-corrected chi connectivity index (χ1v) is 8.70. The average molecular weight is 354 g/mol. The molecule has 0 radical (unpaired) electrons. The molecule has 6 heteroatoms. The van der Waals surface area contributed by atoms with Crippen molar-refractivity contribution in [1.29, 1.82) is 0 Å². The fourth-order valence-electron chi connectivity index (χ4n) is 2.69. The average Bonchev–Trinajstić information content (AvgIpc) is 3.07. The van der Waals surface area contributed by atoms with Crippen LogP contribution in [0.5, 0.6) is 0 Å². The third kappa shape index (κ3) is 4.97. The van der Waals surface area contributed by atoms with E-state index in [2.05, 4.69) is 15.5 Å². The van der Waals surface area contributed by atoms with E-state index in [4.69, 9.17) is 4.74 Å². The molecular formula is C20H23FN4O. The Morgan fingerprint density at radius 3 is 2.54 bits per heavy atom. The van der Waals surface area contributed by atoms with Crippen LogP contribution in [0.2, 0.25) is 0 Å². The highest BCUT2D eigenvalue weighted by atomic mass is 19.1. The first-order chi connectivity index (χ1) is 12.8. The van der Waals surface area contributed by atoms with E-state index in [1.165, 1.54) is 12.1 Å². The zero-order valence-corrected chi connectivity index (χ0v) is 14.9. The second-order valence-electron chi connectivity index (χ2n) is 6.04. The van der Waals surface area contributed by atoms with E-state index < -0.39 is 0 Å². The maximum absolute atomic E-state index is 13.1. The number of rotatable bonds is 9. The molecule has 0 aliphatic carbocycles. The Labute approximate surface area is 152 Å². The van der Waals surface area contributed by atoms with Crippen molar-refractivity contribution >= 4 is 0 Å². The van der Waals surface area contributed by atoms with Gasteiger partial charge in [-0.15, -0.1) is 0 Å². The van der Waals surface area contributed by atoms with Crippen LogP contribution in [0.1, 0.15) is 17.7 Å². The van der Waals surface area contributed by atoms with Gasteiger partial charge in [0.2, 0.25) is 0 Å². The normalized spacial score (nSPS) is 11.0. The predicted octanol–water partition coefficient (Wildman–Crippen LogP) is 3.26. The van der Waals surface area contributed by atoms with Crippen LogP contribution >= 0.6 is 0 Å². The highest BCUT2D eigenvalue weighted by Gasteiger charge is 2.13. The van der Waals surface area contributed by atoms with Crippen LogP contribution in [0.15, 0.2) is 54.6 Å². The molecule has 3 aromatic rings. The van der Waals surface area contributed by atoms with Crippen LogP contribution in [0.4, 0.5) is 4.39 Å². The second-order valence-corrected chi connectivity index (χ2v) is 6.04. The number of nitrogens with zero attached hydrogens (tertiary/aromatic N) is 3. The van der Waals surface area contributed by atoms with Gasteiger partial charge >= 0.3 is 0 Å². The van der Waals surface area contributed by atoms with Crippen molar-refractivity contribution in [2.24, 2.45) is 0 Å². The van der Waals surface area contributed by atoms with Crippen LogP contribution in [0.25, 0.3) is 11.3 Å². The number of halogens is 1. The molecule has 3 rings (SSSR count). The minimum absolute atomic E-state index is 0.243. The van der Waals surface area contributed by atoms with E-state index in [-0.39, 0.29) is 5.82 Å². The summed E-state index contributed by atoms with van der Waals surface area (Å²) in [4.78, 5) is 1.67. The molecule has 2 aromatic carbocycles. The standard InChI is InChI=1S/C20H23FN4O/c1-26-13-5-12-22-14-19-20(17-6-3-2-4-7-17)24-25(23-19)15-16-8-10-18(21)11-9-16/h2-4,6-11,22H,5,12-15H2,1H3. The molecule has 0 fully saturated rings. The lowest BCUT2D eigenvalue weighted by molar-refractivity contribution is 0.194. The maximum atomic E-state index is 13.1. The zero-order chi connectivity index (χ0) is 18.2. The summed E-state index contributed by atoms with van der Waals surface area (Å²) in [5.41, 5.74) is 3.76. The molecule has 0 atom stereocenters. The Kier molecular flexibility index (Phi) is 6.46. The van der Waals surface area contributed by atoms with Crippen LogP contribution in [0.3, 0.4) is 0 Å². The van der Waals surface area contributed by atoms with Gasteiger partial charge < -0.3 is 10.1 Å². The summed E-state index contributed by atoms with van der Waals surface area (Å²) in [6, 6.07) is 16.4. The molecule has 0 spiro atoms. The van der Waals surface area contributed by atoms with Crippen LogP contribution < -0.4 is 5.32 Å². The minimum atomic E-state index is -0.243. The molecule has 136 valence electrons. The Morgan fingerprint density at radius 2 is 1.81 bits per heavy atom. The summed E-state index contributed by atoms with van der Waals surface area (Å²) in [6.45, 7) is 2.73. The van der Waals surface area contributed by atoms with Crippen LogP contribution in [-0.2, 0) is 17.8 Å². The third-order valence-corrected chi connectivity index (χ3v) is 4.00. The smallest absolute Gasteiger partial charge is 0.123 e. The number of methoxy groups -OCH3 is 1. The van der Waals surface area contributed by atoms with Crippen molar-refractivity contribution in [3.8, 4) is 11.3 Å². The fourth-order valence-corrected chi connectivity index (χ4v) is 2.69. The molecule has 1 aromatic heterocycles. The molecule has 0 saturated carbocycles. The van der Waals surface area contributed by atoms with E-state index in [0.717, 1.165) is 42.1 Å². The van der Waals surface area contributed by atoms with Crippen molar-refractivity contribution in [3.63, 3.8) is 0 Å². The Morgan fingerprint density at radius 1 is 1.04 bits per heavy atom. The van der Waals surface area contributed by atoms with Gasteiger partial charge in [0, 0.05) is 25.8 Å². The summed E-state index contributed by atoms with van der Waals surface area (Å²) < 4.78 is 18.2. The summed E-state index contributed by atoms with van der Waals surface area (Å²) in [5.74, 6) is -0.243. The van der Waals surface area contributed by atoms with Gasteiger partial charge in [0.1, 0.15) is 17.2 Å². The largest absolute Gasteiger partial charge is 0.385 e. The molecular weight excluding hydrogens is 331 g/mol. The third-order valence-electron chi connectivity index (χ3n) is 4.00. The molecule has 0 amide bonds. The molecule has 0 bridgehead atoms. The van der Waals surface area contributed by atoms with E-state index in [1.54, 1.807) is 24.0 Å². The van der Waals surface area contributed by atoms with Crippen molar-refractivity contribution < 1.29 is 9.13 Å². The number of benzene rings is 2.